The molecule has 2 atom stereocenters. The minimum Gasteiger partial charge on any atom is -0.507 e. The van der Waals surface area contributed by atoms with Crippen molar-refractivity contribution < 1.29 is 29.3 Å². The van der Waals surface area contributed by atoms with E-state index in [1.54, 1.807) is 45.9 Å². The van der Waals surface area contributed by atoms with E-state index >= 15 is 0 Å². The number of aryl methyl sites for hydroxylation is 1. The Labute approximate surface area is 215 Å². The van der Waals surface area contributed by atoms with Gasteiger partial charge in [0, 0.05) is 18.2 Å². The molecule has 0 heterocycles. The first kappa shape index (κ1) is 31.2. The molecule has 9 heteroatoms. The number of carbonyl (C=O) groups is 3. The van der Waals surface area contributed by atoms with E-state index in [1.807, 2.05) is 13.8 Å². The molecule has 0 fully saturated rings. The first-order chi connectivity index (χ1) is 16.8. The van der Waals surface area contributed by atoms with Crippen LogP contribution in [0.4, 0.5) is 4.79 Å². The van der Waals surface area contributed by atoms with E-state index in [9.17, 15) is 24.6 Å². The molecule has 2 unspecified atom stereocenters. The number of aliphatic hydroxyl groups excluding tert-OH is 1. The molecule has 4 N–H and O–H groups in total. The van der Waals surface area contributed by atoms with Gasteiger partial charge in [0.2, 0.25) is 11.8 Å². The maximum atomic E-state index is 13.7. The molecule has 0 radical (unpaired) electrons. The maximum Gasteiger partial charge on any atom is 0.408 e. The first-order valence-electron chi connectivity index (χ1n) is 12.8. The molecule has 36 heavy (non-hydrogen) atoms. The zero-order valence-electron chi connectivity index (χ0n) is 22.9. The van der Waals surface area contributed by atoms with Crippen molar-refractivity contribution >= 4 is 17.9 Å². The SMILES string of the molecule is CCCCCCCN(C(=O)C(CO)NC(=O)OC(C)(C)C)C(C(=O)NC(C)C)c1cccc(C)c1O. The number of alkyl carbamates (subject to hydrolysis) is 1. The highest BCUT2D eigenvalue weighted by Crippen LogP contribution is 2.32. The highest BCUT2D eigenvalue weighted by atomic mass is 16.6. The normalized spacial score (nSPS) is 13.1. The summed E-state index contributed by atoms with van der Waals surface area (Å²) in [6.07, 6.45) is 3.72. The number of nitrogens with one attached hydrogen (secondary N) is 2. The Morgan fingerprint density at radius 3 is 2.25 bits per heavy atom. The van der Waals surface area contributed by atoms with Gasteiger partial charge in [0.05, 0.1) is 6.61 Å². The molecule has 0 aliphatic heterocycles. The molecule has 1 rings (SSSR count). The number of phenols is 1. The number of phenolic OH excluding ortho intramolecular Hbond substituents is 1. The van der Waals surface area contributed by atoms with Gasteiger partial charge in [-0.05, 0) is 53.5 Å². The lowest BCUT2D eigenvalue weighted by Gasteiger charge is -2.35. The Morgan fingerprint density at radius 2 is 1.69 bits per heavy atom. The van der Waals surface area contributed by atoms with Crippen LogP contribution >= 0.6 is 0 Å². The summed E-state index contributed by atoms with van der Waals surface area (Å²) < 4.78 is 5.25. The average Bonchev–Trinajstić information content (AvgIpc) is 2.76. The second-order valence-electron chi connectivity index (χ2n) is 10.4. The topological polar surface area (TPSA) is 128 Å². The number of hydrogen-bond donors (Lipinski definition) is 4. The van der Waals surface area contributed by atoms with Crippen LogP contribution in [-0.4, -0.2) is 63.9 Å². The molecular formula is C27H45N3O6. The number of carbonyl (C=O) groups excluding carboxylic acids is 3. The van der Waals surface area contributed by atoms with Crippen molar-refractivity contribution in [2.24, 2.45) is 0 Å². The van der Waals surface area contributed by atoms with Crippen LogP contribution in [0.2, 0.25) is 0 Å². The number of rotatable bonds is 13. The van der Waals surface area contributed by atoms with Crippen LogP contribution in [0.3, 0.4) is 0 Å². The molecule has 1 aromatic carbocycles. The Kier molecular flexibility index (Phi) is 12.7. The van der Waals surface area contributed by atoms with E-state index in [-0.39, 0.29) is 23.9 Å². The Morgan fingerprint density at radius 1 is 1.06 bits per heavy atom. The van der Waals surface area contributed by atoms with Gasteiger partial charge in [-0.15, -0.1) is 0 Å². The van der Waals surface area contributed by atoms with Crippen LogP contribution in [0.25, 0.3) is 0 Å². The fourth-order valence-electron chi connectivity index (χ4n) is 3.80. The molecule has 0 aliphatic carbocycles. The van der Waals surface area contributed by atoms with Gasteiger partial charge in [0.25, 0.3) is 0 Å². The number of amides is 3. The van der Waals surface area contributed by atoms with Crippen molar-refractivity contribution in [1.29, 1.82) is 0 Å². The molecule has 0 bridgehead atoms. The zero-order chi connectivity index (χ0) is 27.5. The van der Waals surface area contributed by atoms with E-state index in [0.717, 1.165) is 25.7 Å². The standard InChI is InChI=1S/C27H45N3O6/c1-8-9-10-11-12-16-30(25(34)21(17-31)29-26(35)36-27(5,6)7)22(24(33)28-18(2)3)20-15-13-14-19(4)23(20)32/h13-15,18,21-22,31-32H,8-12,16-17H2,1-7H3,(H,28,33)(H,29,35). The van der Waals surface area contributed by atoms with Gasteiger partial charge < -0.3 is 30.5 Å². The van der Waals surface area contributed by atoms with Crippen LogP contribution in [0.15, 0.2) is 18.2 Å². The van der Waals surface area contributed by atoms with Crippen molar-refractivity contribution in [3.8, 4) is 5.75 Å². The van der Waals surface area contributed by atoms with Crippen molar-refractivity contribution in [2.45, 2.75) is 104 Å². The lowest BCUT2D eigenvalue weighted by Crippen LogP contribution is -2.55. The lowest BCUT2D eigenvalue weighted by atomic mass is 9.98. The number of hydrogen-bond acceptors (Lipinski definition) is 6. The second kappa shape index (κ2) is 14.7. The van der Waals surface area contributed by atoms with Gasteiger partial charge >= 0.3 is 6.09 Å². The molecule has 0 aliphatic rings. The highest BCUT2D eigenvalue weighted by Gasteiger charge is 2.37. The van der Waals surface area contributed by atoms with E-state index in [0.29, 0.717) is 12.0 Å². The molecular weight excluding hydrogens is 462 g/mol. The Bertz CT molecular complexity index is 866. The summed E-state index contributed by atoms with van der Waals surface area (Å²) in [4.78, 5) is 40.9. The van der Waals surface area contributed by atoms with Gasteiger partial charge in [0.1, 0.15) is 23.4 Å². The van der Waals surface area contributed by atoms with Crippen LogP contribution in [0.1, 0.15) is 90.8 Å². The third-order valence-corrected chi connectivity index (χ3v) is 5.51. The number of para-hydroxylation sites is 1. The van der Waals surface area contributed by atoms with Crippen molar-refractivity contribution in [2.75, 3.05) is 13.2 Å². The van der Waals surface area contributed by atoms with Crippen LogP contribution in [-0.2, 0) is 14.3 Å². The van der Waals surface area contributed by atoms with Gasteiger partial charge in [-0.3, -0.25) is 9.59 Å². The molecule has 0 saturated carbocycles. The predicted molar refractivity (Wildman–Crippen MR) is 140 cm³/mol. The average molecular weight is 508 g/mol. The minimum absolute atomic E-state index is 0.0779. The molecule has 0 aromatic heterocycles. The zero-order valence-corrected chi connectivity index (χ0v) is 22.9. The van der Waals surface area contributed by atoms with Crippen LogP contribution < -0.4 is 10.6 Å². The first-order valence-corrected chi connectivity index (χ1v) is 12.8. The molecule has 9 nitrogen and oxygen atoms in total. The Hall–Kier alpha value is -2.81. The van der Waals surface area contributed by atoms with Gasteiger partial charge in [0.15, 0.2) is 0 Å². The van der Waals surface area contributed by atoms with E-state index in [4.69, 9.17) is 4.74 Å². The number of aromatic hydroxyl groups is 1. The number of unbranched alkanes of at least 4 members (excludes halogenated alkanes) is 4. The minimum atomic E-state index is -1.32. The van der Waals surface area contributed by atoms with Gasteiger partial charge in [-0.25, -0.2) is 4.79 Å². The number of aliphatic hydroxyl groups is 1. The van der Waals surface area contributed by atoms with E-state index in [2.05, 4.69) is 17.6 Å². The third-order valence-electron chi connectivity index (χ3n) is 5.51. The predicted octanol–water partition coefficient (Wildman–Crippen LogP) is 3.95. The molecule has 204 valence electrons. The smallest absolute Gasteiger partial charge is 0.408 e. The van der Waals surface area contributed by atoms with Crippen LogP contribution in [0.5, 0.6) is 5.75 Å². The number of ether oxygens (including phenoxy) is 1. The second-order valence-corrected chi connectivity index (χ2v) is 10.4. The fourth-order valence-corrected chi connectivity index (χ4v) is 3.80. The summed E-state index contributed by atoms with van der Waals surface area (Å²) in [5.74, 6) is -1.17. The maximum absolute atomic E-state index is 13.7. The summed E-state index contributed by atoms with van der Waals surface area (Å²) in [7, 11) is 0. The number of benzene rings is 1. The summed E-state index contributed by atoms with van der Waals surface area (Å²) >= 11 is 0. The van der Waals surface area contributed by atoms with Crippen molar-refractivity contribution in [1.82, 2.24) is 15.5 Å². The van der Waals surface area contributed by atoms with Gasteiger partial charge in [-0.1, -0.05) is 50.8 Å². The third kappa shape index (κ3) is 10.0. The van der Waals surface area contributed by atoms with Crippen LogP contribution in [0, 0.1) is 6.92 Å². The monoisotopic (exact) mass is 507 g/mol. The molecule has 0 saturated heterocycles. The van der Waals surface area contributed by atoms with E-state index in [1.165, 1.54) is 4.90 Å². The molecule has 0 spiro atoms. The largest absolute Gasteiger partial charge is 0.507 e. The van der Waals surface area contributed by atoms with Crippen molar-refractivity contribution in [3.63, 3.8) is 0 Å². The number of nitrogens with zero attached hydrogens (tertiary/aromatic N) is 1. The van der Waals surface area contributed by atoms with E-state index < -0.39 is 42.2 Å². The Balaban J connectivity index is 3.43. The summed E-state index contributed by atoms with van der Waals surface area (Å²) in [6.45, 7) is 12.0. The summed E-state index contributed by atoms with van der Waals surface area (Å²) in [6, 6.07) is 2.36. The molecule has 1 aromatic rings. The van der Waals surface area contributed by atoms with Crippen molar-refractivity contribution in [3.05, 3.63) is 29.3 Å². The molecule has 3 amide bonds. The fraction of sp³-hybridized carbons (Fsp3) is 0.667. The van der Waals surface area contributed by atoms with Gasteiger partial charge in [-0.2, -0.15) is 0 Å². The quantitative estimate of drug-likeness (QED) is 0.299. The lowest BCUT2D eigenvalue weighted by molar-refractivity contribution is -0.143. The highest BCUT2D eigenvalue weighted by molar-refractivity contribution is 5.92. The summed E-state index contributed by atoms with van der Waals surface area (Å²) in [5, 5.41) is 26.1. The summed E-state index contributed by atoms with van der Waals surface area (Å²) in [5.41, 5.74) is 0.0545.